The summed E-state index contributed by atoms with van der Waals surface area (Å²) in [5.74, 6) is -1.07. The maximum absolute atomic E-state index is 13.2. The topological polar surface area (TPSA) is 93.3 Å². The van der Waals surface area contributed by atoms with Crippen LogP contribution < -0.4 is 15.5 Å². The first-order valence-electron chi connectivity index (χ1n) is 8.72. The number of carbonyl (C=O) groups excluding carboxylic acids is 2. The molecule has 2 amide bonds. The van der Waals surface area contributed by atoms with Crippen molar-refractivity contribution in [3.8, 4) is 5.69 Å². The van der Waals surface area contributed by atoms with Crippen molar-refractivity contribution < 1.29 is 18.9 Å². The smallest absolute Gasteiger partial charge is 0.279 e. The number of anilines is 2. The summed E-state index contributed by atoms with van der Waals surface area (Å²) in [6, 6.07) is 10.6. The van der Waals surface area contributed by atoms with Crippen LogP contribution in [0.15, 0.2) is 55.1 Å². The minimum atomic E-state index is -0.437. The maximum Gasteiger partial charge on any atom is 0.279 e. The Morgan fingerprint density at radius 2 is 1.90 bits per heavy atom. The van der Waals surface area contributed by atoms with Gasteiger partial charge in [0, 0.05) is 10.7 Å². The van der Waals surface area contributed by atoms with Crippen molar-refractivity contribution in [2.75, 3.05) is 30.8 Å². The molecule has 1 heterocycles. The molecular formula is C19H19ClFN6O2+. The molecule has 150 valence electrons. The van der Waals surface area contributed by atoms with Crippen LogP contribution in [0.4, 0.5) is 15.8 Å². The van der Waals surface area contributed by atoms with Gasteiger partial charge in [-0.15, -0.1) is 0 Å². The average molecular weight is 418 g/mol. The molecule has 0 saturated heterocycles. The van der Waals surface area contributed by atoms with E-state index in [0.29, 0.717) is 27.0 Å². The second-order valence-corrected chi connectivity index (χ2v) is 6.86. The number of quaternary nitrogens is 1. The summed E-state index contributed by atoms with van der Waals surface area (Å²) in [5.41, 5.74) is 1.45. The van der Waals surface area contributed by atoms with E-state index in [1.807, 2.05) is 0 Å². The maximum atomic E-state index is 13.2. The highest BCUT2D eigenvalue weighted by Gasteiger charge is 2.16. The van der Waals surface area contributed by atoms with Crippen LogP contribution in [0.1, 0.15) is 0 Å². The zero-order valence-corrected chi connectivity index (χ0v) is 16.3. The van der Waals surface area contributed by atoms with Gasteiger partial charge in [0.2, 0.25) is 0 Å². The number of rotatable bonds is 7. The minimum absolute atomic E-state index is 0.0371. The van der Waals surface area contributed by atoms with Crippen molar-refractivity contribution in [3.63, 3.8) is 0 Å². The quantitative estimate of drug-likeness (QED) is 0.537. The third-order valence-electron chi connectivity index (χ3n) is 3.93. The van der Waals surface area contributed by atoms with Crippen LogP contribution in [-0.4, -0.2) is 46.7 Å². The molecule has 29 heavy (non-hydrogen) atoms. The number of nitrogens with zero attached hydrogens (tertiary/aromatic N) is 3. The van der Waals surface area contributed by atoms with Gasteiger partial charge in [0.05, 0.1) is 18.4 Å². The molecule has 3 N–H and O–H groups in total. The highest BCUT2D eigenvalue weighted by molar-refractivity contribution is 6.31. The summed E-state index contributed by atoms with van der Waals surface area (Å²) < 4.78 is 14.7. The van der Waals surface area contributed by atoms with E-state index in [4.69, 9.17) is 11.6 Å². The van der Waals surface area contributed by atoms with Crippen LogP contribution in [-0.2, 0) is 9.59 Å². The van der Waals surface area contributed by atoms with Crippen LogP contribution in [0.2, 0.25) is 5.02 Å². The number of halogens is 2. The number of carbonyl (C=O) groups is 2. The molecular weight excluding hydrogens is 399 g/mol. The SMILES string of the molecule is C[NH+](CC(=O)Nc1cccc(F)c1)CC(=O)Nc1cc(Cl)ccc1-n1cncn1. The summed E-state index contributed by atoms with van der Waals surface area (Å²) in [5, 5.41) is 9.91. The van der Waals surface area contributed by atoms with Crippen molar-refractivity contribution >= 4 is 34.8 Å². The van der Waals surface area contributed by atoms with E-state index in [2.05, 4.69) is 20.7 Å². The average Bonchev–Trinajstić information content (AvgIpc) is 3.15. The van der Waals surface area contributed by atoms with Gasteiger partial charge >= 0.3 is 0 Å². The molecule has 0 radical (unpaired) electrons. The second-order valence-electron chi connectivity index (χ2n) is 6.42. The monoisotopic (exact) mass is 417 g/mol. The van der Waals surface area contributed by atoms with Gasteiger partial charge in [-0.2, -0.15) is 5.10 Å². The Labute approximate surface area is 171 Å². The van der Waals surface area contributed by atoms with Crippen LogP contribution >= 0.6 is 11.6 Å². The Morgan fingerprint density at radius 3 is 2.59 bits per heavy atom. The number of hydrogen-bond acceptors (Lipinski definition) is 4. The van der Waals surface area contributed by atoms with Crippen LogP contribution in [0, 0.1) is 5.82 Å². The third-order valence-corrected chi connectivity index (χ3v) is 4.17. The minimum Gasteiger partial charge on any atom is -0.322 e. The molecule has 0 fully saturated rings. The molecule has 0 aliphatic carbocycles. The molecule has 3 rings (SSSR count). The van der Waals surface area contributed by atoms with E-state index >= 15 is 0 Å². The lowest BCUT2D eigenvalue weighted by atomic mass is 10.2. The van der Waals surface area contributed by atoms with Crippen molar-refractivity contribution in [2.45, 2.75) is 0 Å². The summed E-state index contributed by atoms with van der Waals surface area (Å²) in [6.45, 7) is 0.0787. The van der Waals surface area contributed by atoms with Gasteiger partial charge in [-0.25, -0.2) is 14.1 Å². The first-order chi connectivity index (χ1) is 13.9. The fourth-order valence-electron chi connectivity index (χ4n) is 2.72. The second kappa shape index (κ2) is 9.26. The van der Waals surface area contributed by atoms with Gasteiger partial charge in [0.25, 0.3) is 11.8 Å². The molecule has 0 spiro atoms. The van der Waals surface area contributed by atoms with Crippen molar-refractivity contribution in [1.82, 2.24) is 14.8 Å². The standard InChI is InChI=1S/C19H18ClFN6O2/c1-26(9-18(28)24-15-4-2-3-14(21)8-15)10-19(29)25-16-7-13(20)5-6-17(16)27-12-22-11-23-27/h2-8,11-12H,9-10H2,1H3,(H,24,28)(H,25,29)/p+1. The van der Waals surface area contributed by atoms with E-state index in [-0.39, 0.29) is 24.9 Å². The van der Waals surface area contributed by atoms with Gasteiger partial charge in [-0.1, -0.05) is 17.7 Å². The first kappa shape index (κ1) is 20.4. The van der Waals surface area contributed by atoms with Crippen molar-refractivity contribution in [2.24, 2.45) is 0 Å². The van der Waals surface area contributed by atoms with Gasteiger partial charge in [-0.05, 0) is 36.4 Å². The fraction of sp³-hybridized carbons (Fsp3) is 0.158. The zero-order valence-electron chi connectivity index (χ0n) is 15.5. The predicted octanol–water partition coefficient (Wildman–Crippen LogP) is 1.15. The van der Waals surface area contributed by atoms with Crippen LogP contribution in [0.25, 0.3) is 5.69 Å². The van der Waals surface area contributed by atoms with Gasteiger partial charge < -0.3 is 15.5 Å². The predicted molar refractivity (Wildman–Crippen MR) is 107 cm³/mol. The molecule has 10 heteroatoms. The van der Waals surface area contributed by atoms with Gasteiger partial charge in [-0.3, -0.25) is 9.59 Å². The van der Waals surface area contributed by atoms with E-state index in [1.54, 1.807) is 31.3 Å². The van der Waals surface area contributed by atoms with E-state index < -0.39 is 5.82 Å². The Hall–Kier alpha value is -3.30. The summed E-state index contributed by atoms with van der Waals surface area (Å²) in [6.07, 6.45) is 2.89. The highest BCUT2D eigenvalue weighted by atomic mass is 35.5. The zero-order chi connectivity index (χ0) is 20.8. The molecule has 0 bridgehead atoms. The summed E-state index contributed by atoms with van der Waals surface area (Å²) >= 11 is 6.04. The molecule has 8 nitrogen and oxygen atoms in total. The number of amides is 2. The molecule has 1 aromatic heterocycles. The largest absolute Gasteiger partial charge is 0.322 e. The highest BCUT2D eigenvalue weighted by Crippen LogP contribution is 2.23. The van der Waals surface area contributed by atoms with E-state index in [1.165, 1.54) is 35.5 Å². The molecule has 0 aliphatic rings. The fourth-order valence-corrected chi connectivity index (χ4v) is 2.89. The third kappa shape index (κ3) is 5.84. The molecule has 0 saturated carbocycles. The van der Waals surface area contributed by atoms with E-state index in [9.17, 15) is 14.0 Å². The Bertz CT molecular complexity index is 1010. The summed E-state index contributed by atoms with van der Waals surface area (Å²) in [7, 11) is 1.71. The van der Waals surface area contributed by atoms with Crippen LogP contribution in [0.3, 0.4) is 0 Å². The number of hydrogen-bond donors (Lipinski definition) is 3. The lowest BCUT2D eigenvalue weighted by Gasteiger charge is -2.15. The Balaban J connectivity index is 1.58. The first-order valence-corrected chi connectivity index (χ1v) is 9.09. The molecule has 3 aromatic rings. The summed E-state index contributed by atoms with van der Waals surface area (Å²) in [4.78, 5) is 29.1. The molecule has 1 atom stereocenters. The Morgan fingerprint density at radius 1 is 1.14 bits per heavy atom. The van der Waals surface area contributed by atoms with Gasteiger partial charge in [0.15, 0.2) is 13.1 Å². The Kier molecular flexibility index (Phi) is 6.53. The van der Waals surface area contributed by atoms with Crippen molar-refractivity contribution in [3.05, 3.63) is 66.0 Å². The molecule has 2 aromatic carbocycles. The number of likely N-dealkylation sites (N-methyl/N-ethyl adjacent to an activating group) is 1. The molecule has 0 aliphatic heterocycles. The van der Waals surface area contributed by atoms with Crippen molar-refractivity contribution in [1.29, 1.82) is 0 Å². The van der Waals surface area contributed by atoms with E-state index in [0.717, 1.165) is 0 Å². The number of benzene rings is 2. The normalized spacial score (nSPS) is 11.7. The van der Waals surface area contributed by atoms with Gasteiger partial charge in [0.1, 0.15) is 18.5 Å². The lowest BCUT2D eigenvalue weighted by Crippen LogP contribution is -3.11. The molecule has 1 unspecified atom stereocenters. The number of nitrogens with one attached hydrogen (secondary N) is 3. The van der Waals surface area contributed by atoms with Crippen LogP contribution in [0.5, 0.6) is 0 Å². The lowest BCUT2D eigenvalue weighted by molar-refractivity contribution is -0.862. The number of aromatic nitrogens is 3.